The summed E-state index contributed by atoms with van der Waals surface area (Å²) in [6.07, 6.45) is 1.09. The molecular formula is C22H26N2O3. The fourth-order valence-electron chi connectivity index (χ4n) is 3.47. The number of benzene rings is 2. The van der Waals surface area contributed by atoms with Crippen LogP contribution < -0.4 is 10.1 Å². The molecule has 0 saturated heterocycles. The number of hydrogen-bond donors (Lipinski definition) is 1. The van der Waals surface area contributed by atoms with Crippen LogP contribution in [0.15, 0.2) is 42.5 Å². The van der Waals surface area contributed by atoms with Gasteiger partial charge in [-0.3, -0.25) is 9.59 Å². The van der Waals surface area contributed by atoms with E-state index >= 15 is 0 Å². The number of methoxy groups -OCH3 is 1. The zero-order chi connectivity index (χ0) is 19.4. The highest BCUT2D eigenvalue weighted by Crippen LogP contribution is 2.26. The molecule has 0 saturated carbocycles. The molecule has 5 heteroatoms. The molecule has 2 aromatic carbocycles. The molecule has 142 valence electrons. The fraction of sp³-hybridized carbons (Fsp3) is 0.364. The Morgan fingerprint density at radius 1 is 1.15 bits per heavy atom. The standard InChI is InChI=1S/C22H26N2O3/c1-15-4-6-18(7-5-15)21(23-16(2)25)13-22(26)24-11-10-17-8-9-20(27-3)12-19(17)14-24/h4-9,12,21H,10-11,13-14H2,1-3H3,(H,23,25). The van der Waals surface area contributed by atoms with Gasteiger partial charge < -0.3 is 15.0 Å². The highest BCUT2D eigenvalue weighted by Gasteiger charge is 2.25. The Morgan fingerprint density at radius 3 is 2.56 bits per heavy atom. The SMILES string of the molecule is COc1ccc2c(c1)CN(C(=O)CC(NC(C)=O)c1ccc(C)cc1)CC2. The van der Waals surface area contributed by atoms with E-state index in [-0.39, 0.29) is 24.3 Å². The van der Waals surface area contributed by atoms with Crippen molar-refractivity contribution in [2.45, 2.75) is 39.3 Å². The molecule has 0 fully saturated rings. The second-order valence-corrected chi connectivity index (χ2v) is 7.07. The first kappa shape index (κ1) is 19.0. The Labute approximate surface area is 160 Å². The Bertz CT molecular complexity index is 830. The van der Waals surface area contributed by atoms with E-state index in [4.69, 9.17) is 4.74 Å². The van der Waals surface area contributed by atoms with Gasteiger partial charge in [0.05, 0.1) is 19.6 Å². The van der Waals surface area contributed by atoms with E-state index in [1.165, 1.54) is 12.5 Å². The van der Waals surface area contributed by atoms with Crippen LogP contribution in [0.3, 0.4) is 0 Å². The summed E-state index contributed by atoms with van der Waals surface area (Å²) >= 11 is 0. The van der Waals surface area contributed by atoms with E-state index in [2.05, 4.69) is 11.4 Å². The average molecular weight is 366 g/mol. The number of hydrogen-bond acceptors (Lipinski definition) is 3. The summed E-state index contributed by atoms with van der Waals surface area (Å²) < 4.78 is 5.30. The maximum absolute atomic E-state index is 12.9. The van der Waals surface area contributed by atoms with Gasteiger partial charge in [0.2, 0.25) is 11.8 Å². The van der Waals surface area contributed by atoms with Crippen LogP contribution in [0.2, 0.25) is 0 Å². The maximum atomic E-state index is 12.9. The van der Waals surface area contributed by atoms with Gasteiger partial charge in [-0.25, -0.2) is 0 Å². The largest absolute Gasteiger partial charge is 0.497 e. The lowest BCUT2D eigenvalue weighted by Gasteiger charge is -2.30. The minimum Gasteiger partial charge on any atom is -0.497 e. The molecule has 1 atom stereocenters. The molecule has 2 amide bonds. The minimum absolute atomic E-state index is 0.0443. The lowest BCUT2D eigenvalue weighted by molar-refractivity contribution is -0.133. The first-order chi connectivity index (χ1) is 13.0. The van der Waals surface area contributed by atoms with Crippen molar-refractivity contribution in [3.63, 3.8) is 0 Å². The third-order valence-corrected chi connectivity index (χ3v) is 5.01. The summed E-state index contributed by atoms with van der Waals surface area (Å²) in [6.45, 7) is 4.77. The summed E-state index contributed by atoms with van der Waals surface area (Å²) in [5.74, 6) is 0.712. The fourth-order valence-corrected chi connectivity index (χ4v) is 3.47. The van der Waals surface area contributed by atoms with Crippen molar-refractivity contribution in [1.82, 2.24) is 10.2 Å². The maximum Gasteiger partial charge on any atom is 0.225 e. The van der Waals surface area contributed by atoms with Crippen molar-refractivity contribution < 1.29 is 14.3 Å². The molecule has 1 aliphatic heterocycles. The number of nitrogens with one attached hydrogen (secondary N) is 1. The zero-order valence-electron chi connectivity index (χ0n) is 16.1. The highest BCUT2D eigenvalue weighted by molar-refractivity contribution is 5.79. The summed E-state index contributed by atoms with van der Waals surface area (Å²) in [5.41, 5.74) is 4.48. The van der Waals surface area contributed by atoms with Crippen molar-refractivity contribution in [2.24, 2.45) is 0 Å². The van der Waals surface area contributed by atoms with Crippen molar-refractivity contribution in [1.29, 1.82) is 0 Å². The Kier molecular flexibility index (Phi) is 5.79. The van der Waals surface area contributed by atoms with Crippen LogP contribution in [0.1, 0.15) is 41.6 Å². The quantitative estimate of drug-likeness (QED) is 0.884. The molecule has 1 unspecified atom stereocenters. The van der Waals surface area contributed by atoms with E-state index < -0.39 is 0 Å². The van der Waals surface area contributed by atoms with Crippen LogP contribution in [-0.4, -0.2) is 30.4 Å². The van der Waals surface area contributed by atoms with Crippen molar-refractivity contribution in [2.75, 3.05) is 13.7 Å². The summed E-state index contributed by atoms with van der Waals surface area (Å²) in [4.78, 5) is 26.4. The summed E-state index contributed by atoms with van der Waals surface area (Å²) in [6, 6.07) is 13.7. The lowest BCUT2D eigenvalue weighted by atomic mass is 9.97. The van der Waals surface area contributed by atoms with E-state index in [1.54, 1.807) is 7.11 Å². The van der Waals surface area contributed by atoms with E-state index in [1.807, 2.05) is 48.2 Å². The van der Waals surface area contributed by atoms with Crippen LogP contribution in [0.25, 0.3) is 0 Å². The first-order valence-electron chi connectivity index (χ1n) is 9.23. The van der Waals surface area contributed by atoms with Crippen LogP contribution in [0.5, 0.6) is 5.75 Å². The van der Waals surface area contributed by atoms with Crippen molar-refractivity contribution >= 4 is 11.8 Å². The van der Waals surface area contributed by atoms with Crippen molar-refractivity contribution in [3.8, 4) is 5.75 Å². The second-order valence-electron chi connectivity index (χ2n) is 7.07. The van der Waals surface area contributed by atoms with Crippen LogP contribution in [-0.2, 0) is 22.6 Å². The van der Waals surface area contributed by atoms with Gasteiger partial charge in [0.1, 0.15) is 5.75 Å². The Morgan fingerprint density at radius 2 is 1.89 bits per heavy atom. The third-order valence-electron chi connectivity index (χ3n) is 5.01. The molecule has 1 N–H and O–H groups in total. The first-order valence-corrected chi connectivity index (χ1v) is 9.23. The molecule has 0 spiro atoms. The third kappa shape index (κ3) is 4.67. The molecule has 0 aromatic heterocycles. The number of amides is 2. The van der Waals surface area contributed by atoms with Gasteiger partial charge in [0, 0.05) is 20.0 Å². The molecule has 0 aliphatic carbocycles. The number of carbonyl (C=O) groups excluding carboxylic acids is 2. The molecule has 1 heterocycles. The van der Waals surface area contributed by atoms with Gasteiger partial charge in [-0.05, 0) is 42.2 Å². The van der Waals surface area contributed by atoms with Gasteiger partial charge in [-0.1, -0.05) is 35.9 Å². The van der Waals surface area contributed by atoms with Crippen LogP contribution in [0.4, 0.5) is 0 Å². The van der Waals surface area contributed by atoms with Gasteiger partial charge in [-0.15, -0.1) is 0 Å². The highest BCUT2D eigenvalue weighted by atomic mass is 16.5. The second kappa shape index (κ2) is 8.25. The average Bonchev–Trinajstić information content (AvgIpc) is 2.66. The lowest BCUT2D eigenvalue weighted by Crippen LogP contribution is -2.38. The number of carbonyl (C=O) groups is 2. The molecule has 2 aromatic rings. The number of nitrogens with zero attached hydrogens (tertiary/aromatic N) is 1. The number of rotatable bonds is 5. The molecule has 3 rings (SSSR count). The number of ether oxygens (including phenoxy) is 1. The molecular weight excluding hydrogens is 340 g/mol. The van der Waals surface area contributed by atoms with Gasteiger partial charge in [-0.2, -0.15) is 0 Å². The van der Waals surface area contributed by atoms with E-state index in [9.17, 15) is 9.59 Å². The van der Waals surface area contributed by atoms with E-state index in [0.717, 1.165) is 28.9 Å². The Hall–Kier alpha value is -2.82. The minimum atomic E-state index is -0.317. The number of aryl methyl sites for hydroxylation is 1. The predicted molar refractivity (Wildman–Crippen MR) is 104 cm³/mol. The zero-order valence-corrected chi connectivity index (χ0v) is 16.1. The van der Waals surface area contributed by atoms with Gasteiger partial charge in [0.15, 0.2) is 0 Å². The monoisotopic (exact) mass is 366 g/mol. The normalized spacial score (nSPS) is 14.3. The molecule has 5 nitrogen and oxygen atoms in total. The van der Waals surface area contributed by atoms with E-state index in [0.29, 0.717) is 13.1 Å². The summed E-state index contributed by atoms with van der Waals surface area (Å²) in [7, 11) is 1.65. The molecule has 0 bridgehead atoms. The van der Waals surface area contributed by atoms with Gasteiger partial charge >= 0.3 is 0 Å². The van der Waals surface area contributed by atoms with Gasteiger partial charge in [0.25, 0.3) is 0 Å². The summed E-state index contributed by atoms with van der Waals surface area (Å²) in [5, 5.41) is 2.92. The number of fused-ring (bicyclic) bond motifs is 1. The van der Waals surface area contributed by atoms with Crippen LogP contribution in [0, 0.1) is 6.92 Å². The molecule has 0 radical (unpaired) electrons. The topological polar surface area (TPSA) is 58.6 Å². The molecule has 1 aliphatic rings. The van der Waals surface area contributed by atoms with Crippen molar-refractivity contribution in [3.05, 3.63) is 64.7 Å². The Balaban J connectivity index is 1.73. The molecule has 27 heavy (non-hydrogen) atoms. The smallest absolute Gasteiger partial charge is 0.225 e. The predicted octanol–water partition coefficient (Wildman–Crippen LogP) is 3.16. The van der Waals surface area contributed by atoms with Crippen LogP contribution >= 0.6 is 0 Å².